The molecule has 21 heavy (non-hydrogen) atoms. The molecule has 1 atom stereocenters. The van der Waals surface area contributed by atoms with Gasteiger partial charge in [-0.25, -0.2) is 0 Å². The van der Waals surface area contributed by atoms with Gasteiger partial charge in [-0.15, -0.1) is 0 Å². The normalized spacial score (nSPS) is 12.2. The Bertz CT molecular complexity index is 628. The molecule has 0 aliphatic rings. The van der Waals surface area contributed by atoms with Crippen molar-refractivity contribution in [2.45, 2.75) is 25.9 Å². The molecule has 5 heteroatoms. The maximum Gasteiger partial charge on any atom is 0.140 e. The molecule has 0 aromatic heterocycles. The molecule has 0 N–H and O–H groups in total. The van der Waals surface area contributed by atoms with Crippen molar-refractivity contribution in [3.63, 3.8) is 0 Å². The number of benzene rings is 2. The van der Waals surface area contributed by atoms with Gasteiger partial charge in [0.2, 0.25) is 0 Å². The third-order valence-electron chi connectivity index (χ3n) is 3.06. The van der Waals surface area contributed by atoms with Crippen molar-refractivity contribution in [2.75, 3.05) is 0 Å². The molecule has 0 amide bonds. The van der Waals surface area contributed by atoms with Crippen LogP contribution in [0.5, 0.6) is 5.75 Å². The smallest absolute Gasteiger partial charge is 0.140 e. The van der Waals surface area contributed by atoms with Crippen molar-refractivity contribution in [1.29, 1.82) is 0 Å². The van der Waals surface area contributed by atoms with Crippen molar-refractivity contribution in [3.8, 4) is 5.75 Å². The topological polar surface area (TPSA) is 9.23 Å². The third kappa shape index (κ3) is 3.98. The minimum Gasteiger partial charge on any atom is -0.484 e. The van der Waals surface area contributed by atoms with Gasteiger partial charge in [0.25, 0.3) is 0 Å². The lowest BCUT2D eigenvalue weighted by atomic mass is 10.0. The Labute approximate surface area is 144 Å². The highest BCUT2D eigenvalue weighted by Gasteiger charge is 2.19. The standard InChI is InChI=1S/C16H14Cl4O/c1-2-5-13(10-6-3-7-11(17)15(10)19)21-14-9-4-8-12(18)16(14)20/h3-4,6-9,13H,2,5H2,1H3. The maximum absolute atomic E-state index is 6.29. The minimum absolute atomic E-state index is 0.225. The number of hydrogen-bond acceptors (Lipinski definition) is 1. The molecule has 0 spiro atoms. The molecule has 0 heterocycles. The highest BCUT2D eigenvalue weighted by Crippen LogP contribution is 2.38. The molecule has 0 radical (unpaired) electrons. The van der Waals surface area contributed by atoms with Crippen molar-refractivity contribution in [2.24, 2.45) is 0 Å². The molecule has 2 aromatic carbocycles. The molecule has 0 fully saturated rings. The highest BCUT2D eigenvalue weighted by molar-refractivity contribution is 6.43. The van der Waals surface area contributed by atoms with Gasteiger partial charge in [-0.3, -0.25) is 0 Å². The molecular weight excluding hydrogens is 350 g/mol. The van der Waals surface area contributed by atoms with Crippen LogP contribution in [0.25, 0.3) is 0 Å². The average molecular weight is 364 g/mol. The second-order valence-corrected chi connectivity index (χ2v) is 6.16. The zero-order valence-electron chi connectivity index (χ0n) is 11.4. The van der Waals surface area contributed by atoms with E-state index >= 15 is 0 Å². The van der Waals surface area contributed by atoms with E-state index < -0.39 is 0 Å². The summed E-state index contributed by atoms with van der Waals surface area (Å²) < 4.78 is 6.03. The Morgan fingerprint density at radius 1 is 0.905 bits per heavy atom. The van der Waals surface area contributed by atoms with E-state index in [0.717, 1.165) is 18.4 Å². The van der Waals surface area contributed by atoms with E-state index in [1.165, 1.54) is 0 Å². The molecule has 1 unspecified atom stereocenters. The third-order valence-corrected chi connectivity index (χ3v) is 4.70. The Kier molecular flexibility index (Phi) is 6.07. The number of rotatable bonds is 5. The predicted molar refractivity (Wildman–Crippen MR) is 91.2 cm³/mol. The van der Waals surface area contributed by atoms with Gasteiger partial charge in [0.1, 0.15) is 16.9 Å². The molecule has 0 saturated carbocycles. The molecule has 112 valence electrons. The van der Waals surface area contributed by atoms with Gasteiger partial charge < -0.3 is 4.74 Å². The lowest BCUT2D eigenvalue weighted by molar-refractivity contribution is 0.194. The Balaban J connectivity index is 2.35. The largest absolute Gasteiger partial charge is 0.484 e. The summed E-state index contributed by atoms with van der Waals surface area (Å²) in [6.07, 6.45) is 1.51. The van der Waals surface area contributed by atoms with Gasteiger partial charge >= 0.3 is 0 Å². The molecule has 0 aliphatic heterocycles. The van der Waals surface area contributed by atoms with Gasteiger partial charge in [-0.1, -0.05) is 77.9 Å². The van der Waals surface area contributed by atoms with Crippen LogP contribution in [0.3, 0.4) is 0 Å². The average Bonchev–Trinajstić information content (AvgIpc) is 2.46. The van der Waals surface area contributed by atoms with E-state index in [9.17, 15) is 0 Å². The van der Waals surface area contributed by atoms with E-state index in [0.29, 0.717) is 25.8 Å². The molecule has 0 saturated heterocycles. The zero-order chi connectivity index (χ0) is 15.4. The van der Waals surface area contributed by atoms with Crippen LogP contribution in [0, 0.1) is 0 Å². The molecule has 0 bridgehead atoms. The minimum atomic E-state index is -0.225. The van der Waals surface area contributed by atoms with Crippen LogP contribution in [0.2, 0.25) is 20.1 Å². The van der Waals surface area contributed by atoms with Gasteiger partial charge in [-0.2, -0.15) is 0 Å². The first kappa shape index (κ1) is 16.8. The molecule has 1 nitrogen and oxygen atoms in total. The summed E-state index contributed by atoms with van der Waals surface area (Å²) in [7, 11) is 0. The number of halogens is 4. The molecule has 2 rings (SSSR count). The van der Waals surface area contributed by atoms with Crippen molar-refractivity contribution >= 4 is 46.4 Å². The summed E-state index contributed by atoms with van der Waals surface area (Å²) >= 11 is 24.6. The van der Waals surface area contributed by atoms with Crippen LogP contribution >= 0.6 is 46.4 Å². The first-order chi connectivity index (χ1) is 10.0. The SMILES string of the molecule is CCCC(Oc1cccc(Cl)c1Cl)c1cccc(Cl)c1Cl. The lowest BCUT2D eigenvalue weighted by Crippen LogP contribution is -2.08. The fraction of sp³-hybridized carbons (Fsp3) is 0.250. The summed E-state index contributed by atoms with van der Waals surface area (Å²) in [5.74, 6) is 0.540. The van der Waals surface area contributed by atoms with Gasteiger partial charge in [0, 0.05) is 5.56 Å². The second kappa shape index (κ2) is 7.60. The van der Waals surface area contributed by atoms with Crippen molar-refractivity contribution in [3.05, 3.63) is 62.1 Å². The van der Waals surface area contributed by atoms with Crippen molar-refractivity contribution in [1.82, 2.24) is 0 Å². The predicted octanol–water partition coefficient (Wildman–Crippen LogP) is 7.22. The van der Waals surface area contributed by atoms with Crippen LogP contribution < -0.4 is 4.74 Å². The summed E-state index contributed by atoms with van der Waals surface area (Å²) in [6, 6.07) is 10.8. The van der Waals surface area contributed by atoms with Crippen LogP contribution in [0.4, 0.5) is 0 Å². The van der Waals surface area contributed by atoms with Crippen LogP contribution in [-0.2, 0) is 0 Å². The Morgan fingerprint density at radius 3 is 2.19 bits per heavy atom. The number of hydrogen-bond donors (Lipinski definition) is 0. The summed E-state index contributed by atoms with van der Waals surface area (Å²) in [4.78, 5) is 0. The lowest BCUT2D eigenvalue weighted by Gasteiger charge is -2.21. The van der Waals surface area contributed by atoms with Crippen LogP contribution in [-0.4, -0.2) is 0 Å². The van der Waals surface area contributed by atoms with Crippen LogP contribution in [0.15, 0.2) is 36.4 Å². The van der Waals surface area contributed by atoms with Crippen molar-refractivity contribution < 1.29 is 4.74 Å². The van der Waals surface area contributed by atoms with Gasteiger partial charge in [-0.05, 0) is 24.6 Å². The Morgan fingerprint density at radius 2 is 1.52 bits per heavy atom. The monoisotopic (exact) mass is 362 g/mol. The van der Waals surface area contributed by atoms with E-state index in [-0.39, 0.29) is 6.10 Å². The van der Waals surface area contributed by atoms with Gasteiger partial charge in [0.05, 0.1) is 15.1 Å². The quantitative estimate of drug-likeness (QED) is 0.544. The fourth-order valence-electron chi connectivity index (χ4n) is 2.04. The first-order valence-corrected chi connectivity index (χ1v) is 8.10. The summed E-state index contributed by atoms with van der Waals surface area (Å²) in [5, 5.41) is 1.88. The fourth-order valence-corrected chi connectivity index (χ4v) is 2.80. The Hall–Kier alpha value is -0.600. The summed E-state index contributed by atoms with van der Waals surface area (Å²) in [6.45, 7) is 2.08. The zero-order valence-corrected chi connectivity index (χ0v) is 14.4. The van der Waals surface area contributed by atoms with E-state index in [2.05, 4.69) is 6.92 Å². The van der Waals surface area contributed by atoms with E-state index in [4.69, 9.17) is 51.1 Å². The summed E-state index contributed by atoms with van der Waals surface area (Å²) in [5.41, 5.74) is 0.849. The molecule has 2 aromatic rings. The van der Waals surface area contributed by atoms with Crippen LogP contribution in [0.1, 0.15) is 31.4 Å². The number of ether oxygens (including phenoxy) is 1. The highest BCUT2D eigenvalue weighted by atomic mass is 35.5. The van der Waals surface area contributed by atoms with E-state index in [1.54, 1.807) is 24.3 Å². The molecule has 0 aliphatic carbocycles. The maximum atomic E-state index is 6.29. The second-order valence-electron chi connectivity index (χ2n) is 4.59. The first-order valence-electron chi connectivity index (χ1n) is 6.59. The van der Waals surface area contributed by atoms with E-state index in [1.807, 2.05) is 12.1 Å². The van der Waals surface area contributed by atoms with Gasteiger partial charge in [0.15, 0.2) is 0 Å². The molecular formula is C16H14Cl4O.